The lowest BCUT2D eigenvalue weighted by Gasteiger charge is -2.09. The fourth-order valence-electron chi connectivity index (χ4n) is 1.95. The molecule has 0 bridgehead atoms. The van der Waals surface area contributed by atoms with Crippen LogP contribution in [-0.4, -0.2) is 11.2 Å². The van der Waals surface area contributed by atoms with Crippen LogP contribution in [0.1, 0.15) is 11.3 Å². The molecule has 0 saturated carbocycles. The third-order valence-corrected chi connectivity index (χ3v) is 2.63. The monoisotopic (exact) mass is 292 g/mol. The van der Waals surface area contributed by atoms with E-state index in [0.29, 0.717) is 0 Å². The molecule has 8 heteroatoms. The number of hydrogen-bond acceptors (Lipinski definition) is 0. The number of rotatable bonds is 1. The topological polar surface area (TPSA) is 20.1 Å². The minimum Gasteiger partial charge on any atom is -0.358 e. The first-order valence-corrected chi connectivity index (χ1v) is 5.28. The molecule has 1 N–H and O–H groups in total. The maximum Gasteiger partial charge on any atom is 0.408 e. The molecule has 0 radical (unpaired) electrons. The molecule has 0 aliphatic rings. The van der Waals surface area contributed by atoms with Gasteiger partial charge in [-0.3, -0.25) is 0 Å². The van der Waals surface area contributed by atoms with Gasteiger partial charge < -0.3 is 4.98 Å². The molecule has 0 fully saturated rings. The van der Waals surface area contributed by atoms with Crippen LogP contribution in [-0.2, 0) is 12.6 Å². The van der Waals surface area contributed by atoms with Crippen molar-refractivity contribution in [3.63, 3.8) is 0 Å². The Kier molecular flexibility index (Phi) is 3.16. The van der Waals surface area contributed by atoms with Crippen LogP contribution in [0.25, 0.3) is 15.7 Å². The van der Waals surface area contributed by atoms with Crippen LogP contribution < -0.4 is 0 Å². The number of alkyl halides is 6. The molecule has 0 spiro atoms. The predicted molar refractivity (Wildman–Crippen MR) is 59.3 cm³/mol. The summed E-state index contributed by atoms with van der Waals surface area (Å²) in [6.45, 7) is 6.73. The second-order valence-corrected chi connectivity index (χ2v) is 4.12. The van der Waals surface area contributed by atoms with E-state index >= 15 is 0 Å². The van der Waals surface area contributed by atoms with Gasteiger partial charge in [0.1, 0.15) is 0 Å². The average Bonchev–Trinajstić information content (AvgIpc) is 2.64. The molecule has 0 amide bonds. The first kappa shape index (κ1) is 14.2. The summed E-state index contributed by atoms with van der Waals surface area (Å²) < 4.78 is 75.6. The molecule has 1 aromatic heterocycles. The van der Waals surface area contributed by atoms with E-state index in [4.69, 9.17) is 6.57 Å². The zero-order valence-corrected chi connectivity index (χ0v) is 9.65. The molecular weight excluding hydrogens is 286 g/mol. The van der Waals surface area contributed by atoms with Gasteiger partial charge in [0.05, 0.1) is 18.6 Å². The van der Waals surface area contributed by atoms with Crippen LogP contribution in [0.3, 0.4) is 0 Å². The van der Waals surface area contributed by atoms with Crippen molar-refractivity contribution in [3.05, 3.63) is 40.9 Å². The molecule has 0 atom stereocenters. The fraction of sp³-hybridized carbons (Fsp3) is 0.250. The van der Waals surface area contributed by atoms with E-state index in [1.165, 1.54) is 0 Å². The van der Waals surface area contributed by atoms with Crippen LogP contribution in [0.5, 0.6) is 0 Å². The van der Waals surface area contributed by atoms with Gasteiger partial charge in [-0.25, -0.2) is 4.85 Å². The number of halogens is 6. The highest BCUT2D eigenvalue weighted by molar-refractivity contribution is 5.89. The smallest absolute Gasteiger partial charge is 0.358 e. The van der Waals surface area contributed by atoms with Gasteiger partial charge in [0.2, 0.25) is 0 Å². The molecule has 1 heterocycles. The van der Waals surface area contributed by atoms with E-state index in [0.717, 1.165) is 18.2 Å². The number of aromatic nitrogens is 1. The highest BCUT2D eigenvalue weighted by atomic mass is 19.4. The number of hydrogen-bond donors (Lipinski definition) is 1. The van der Waals surface area contributed by atoms with Crippen molar-refractivity contribution in [2.24, 2.45) is 0 Å². The van der Waals surface area contributed by atoms with Crippen molar-refractivity contribution in [1.29, 1.82) is 0 Å². The number of H-pyrrole nitrogens is 1. The Labute approximate surface area is 108 Å². The lowest BCUT2D eigenvalue weighted by atomic mass is 10.1. The molecule has 1 aromatic carbocycles. The maximum absolute atomic E-state index is 12.9. The van der Waals surface area contributed by atoms with Crippen molar-refractivity contribution in [2.45, 2.75) is 18.8 Å². The Morgan fingerprint density at radius 3 is 2.25 bits per heavy atom. The predicted octanol–water partition coefficient (Wildman–Crippen LogP) is 4.84. The molecule has 0 unspecified atom stereocenters. The highest BCUT2D eigenvalue weighted by Crippen LogP contribution is 2.41. The Morgan fingerprint density at radius 1 is 1.10 bits per heavy atom. The van der Waals surface area contributed by atoms with Crippen molar-refractivity contribution in [3.8, 4) is 0 Å². The highest BCUT2D eigenvalue weighted by Gasteiger charge is 2.36. The van der Waals surface area contributed by atoms with Gasteiger partial charge in [0.25, 0.3) is 0 Å². The molecule has 106 valence electrons. The quantitative estimate of drug-likeness (QED) is 0.573. The summed E-state index contributed by atoms with van der Waals surface area (Å²) >= 11 is 0. The summed E-state index contributed by atoms with van der Waals surface area (Å²) in [6, 6.07) is 2.89. The maximum atomic E-state index is 12.9. The normalized spacial score (nSPS) is 12.7. The van der Waals surface area contributed by atoms with E-state index in [1.807, 2.05) is 0 Å². The minimum absolute atomic E-state index is 0.0797. The Morgan fingerprint density at radius 2 is 1.75 bits per heavy atom. The van der Waals surface area contributed by atoms with Gasteiger partial charge in [-0.05, 0) is 12.1 Å². The van der Waals surface area contributed by atoms with Crippen molar-refractivity contribution < 1.29 is 26.3 Å². The Balaban J connectivity index is 2.66. The van der Waals surface area contributed by atoms with Gasteiger partial charge in [0.15, 0.2) is 5.69 Å². The van der Waals surface area contributed by atoms with E-state index < -0.39 is 35.4 Å². The molecule has 2 rings (SSSR count). The van der Waals surface area contributed by atoms with Gasteiger partial charge in [0, 0.05) is 16.6 Å². The van der Waals surface area contributed by atoms with Crippen molar-refractivity contribution in [2.75, 3.05) is 0 Å². The second kappa shape index (κ2) is 4.44. The lowest BCUT2D eigenvalue weighted by molar-refractivity contribution is -0.135. The summed E-state index contributed by atoms with van der Waals surface area (Å²) in [4.78, 5) is 5.06. The SMILES string of the molecule is [C-]#[N+]c1ccc2[nH]c(CC(F)(F)F)cc2c1C(F)(F)F. The molecule has 2 nitrogen and oxygen atoms in total. The summed E-state index contributed by atoms with van der Waals surface area (Å²) in [5.41, 5.74) is -2.30. The minimum atomic E-state index is -4.81. The first-order chi connectivity index (χ1) is 9.12. The van der Waals surface area contributed by atoms with Crippen molar-refractivity contribution in [1.82, 2.24) is 4.98 Å². The first-order valence-electron chi connectivity index (χ1n) is 5.28. The third kappa shape index (κ3) is 2.71. The zero-order valence-electron chi connectivity index (χ0n) is 9.65. The van der Waals surface area contributed by atoms with Crippen LogP contribution in [0.2, 0.25) is 0 Å². The molecule has 0 saturated heterocycles. The second-order valence-electron chi connectivity index (χ2n) is 4.12. The van der Waals surface area contributed by atoms with Crippen LogP contribution in [0, 0.1) is 6.57 Å². The number of nitrogens with one attached hydrogen (secondary N) is 1. The van der Waals surface area contributed by atoms with Gasteiger partial charge in [-0.1, -0.05) is 6.07 Å². The average molecular weight is 292 g/mol. The van der Waals surface area contributed by atoms with E-state index in [-0.39, 0.29) is 11.2 Å². The number of nitrogens with zero attached hydrogens (tertiary/aromatic N) is 1. The van der Waals surface area contributed by atoms with Crippen LogP contribution in [0.15, 0.2) is 18.2 Å². The van der Waals surface area contributed by atoms with Crippen LogP contribution >= 0.6 is 0 Å². The standard InChI is InChI=1S/C12H6F6N2/c1-19-9-3-2-8-7(10(9)12(16,17)18)4-6(20-8)5-11(13,14)15/h2-4,20H,5H2. The number of aromatic amines is 1. The van der Waals surface area contributed by atoms with Gasteiger partial charge >= 0.3 is 12.4 Å². The van der Waals surface area contributed by atoms with E-state index in [1.54, 1.807) is 0 Å². The largest absolute Gasteiger partial charge is 0.408 e. The molecule has 0 aliphatic carbocycles. The molecule has 0 aliphatic heterocycles. The zero-order chi connectivity index (χ0) is 15.1. The number of benzene rings is 1. The lowest BCUT2D eigenvalue weighted by Crippen LogP contribution is -2.11. The summed E-state index contributed by atoms with van der Waals surface area (Å²) in [5.74, 6) is 0. The third-order valence-electron chi connectivity index (χ3n) is 2.63. The summed E-state index contributed by atoms with van der Waals surface area (Å²) in [5, 5.41) is -0.426. The van der Waals surface area contributed by atoms with Crippen molar-refractivity contribution >= 4 is 16.6 Å². The van der Waals surface area contributed by atoms with E-state index in [2.05, 4.69) is 9.83 Å². The van der Waals surface area contributed by atoms with Gasteiger partial charge in [-0.2, -0.15) is 26.3 Å². The summed E-state index contributed by atoms with van der Waals surface area (Å²) in [7, 11) is 0. The number of fused-ring (bicyclic) bond motifs is 1. The molecular formula is C12H6F6N2. The Hall–Kier alpha value is -2.17. The summed E-state index contributed by atoms with van der Waals surface area (Å²) in [6.07, 6.45) is -10.7. The molecule has 20 heavy (non-hydrogen) atoms. The fourth-order valence-corrected chi connectivity index (χ4v) is 1.95. The molecule has 2 aromatic rings. The van der Waals surface area contributed by atoms with E-state index in [9.17, 15) is 26.3 Å². The van der Waals surface area contributed by atoms with Gasteiger partial charge in [-0.15, -0.1) is 0 Å². The van der Waals surface area contributed by atoms with Crippen LogP contribution in [0.4, 0.5) is 32.0 Å². The Bertz CT molecular complexity index is 687.